The van der Waals surface area contributed by atoms with Gasteiger partial charge < -0.3 is 10.4 Å². The lowest BCUT2D eigenvalue weighted by atomic mass is 10.0. The molecular weight excluding hydrogens is 242 g/mol. The monoisotopic (exact) mass is 261 g/mol. The molecule has 2 N–H and O–H groups in total. The van der Waals surface area contributed by atoms with Crippen molar-refractivity contribution in [2.24, 2.45) is 11.8 Å². The SMILES string of the molecule is Cc1ccccc1C1CC1C(=O)NCC(C)C(=O)O. The summed E-state index contributed by atoms with van der Waals surface area (Å²) in [4.78, 5) is 22.6. The third-order valence-electron chi connectivity index (χ3n) is 3.72. The Bertz CT molecular complexity index is 498. The standard InChI is InChI=1S/C15H19NO3/c1-9-5-3-4-6-11(9)12-7-13(12)14(17)16-8-10(2)15(18)19/h3-6,10,12-13H,7-8H2,1-2H3,(H,16,17)(H,18,19). The van der Waals surface area contributed by atoms with Gasteiger partial charge in [0, 0.05) is 12.5 Å². The highest BCUT2D eigenvalue weighted by Gasteiger charge is 2.44. The molecular formula is C15H19NO3. The maximum absolute atomic E-state index is 11.9. The van der Waals surface area contributed by atoms with Crippen LogP contribution in [0, 0.1) is 18.8 Å². The number of carboxylic acids is 1. The molecule has 0 aromatic heterocycles. The van der Waals surface area contributed by atoms with Gasteiger partial charge in [0.2, 0.25) is 5.91 Å². The Morgan fingerprint density at radius 1 is 1.42 bits per heavy atom. The lowest BCUT2D eigenvalue weighted by Gasteiger charge is -2.09. The second-order valence-electron chi connectivity index (χ2n) is 5.29. The molecule has 0 aliphatic heterocycles. The van der Waals surface area contributed by atoms with Gasteiger partial charge in [-0.15, -0.1) is 0 Å². The summed E-state index contributed by atoms with van der Waals surface area (Å²) >= 11 is 0. The molecule has 1 amide bonds. The fraction of sp³-hybridized carbons (Fsp3) is 0.467. The van der Waals surface area contributed by atoms with E-state index in [0.717, 1.165) is 6.42 Å². The molecule has 3 unspecified atom stereocenters. The van der Waals surface area contributed by atoms with Gasteiger partial charge in [-0.2, -0.15) is 0 Å². The molecule has 1 aliphatic rings. The topological polar surface area (TPSA) is 66.4 Å². The molecule has 0 heterocycles. The maximum Gasteiger partial charge on any atom is 0.308 e. The maximum atomic E-state index is 11.9. The zero-order chi connectivity index (χ0) is 14.0. The van der Waals surface area contributed by atoms with Crippen molar-refractivity contribution in [3.8, 4) is 0 Å². The van der Waals surface area contributed by atoms with Gasteiger partial charge in [-0.1, -0.05) is 31.2 Å². The first kappa shape index (κ1) is 13.6. The molecule has 1 aromatic carbocycles. The molecule has 0 spiro atoms. The Labute approximate surface area is 112 Å². The number of carbonyl (C=O) groups is 2. The number of aryl methyl sites for hydroxylation is 1. The van der Waals surface area contributed by atoms with E-state index in [-0.39, 0.29) is 18.4 Å². The van der Waals surface area contributed by atoms with Crippen molar-refractivity contribution in [3.05, 3.63) is 35.4 Å². The highest BCUT2D eigenvalue weighted by molar-refractivity contribution is 5.83. The van der Waals surface area contributed by atoms with E-state index >= 15 is 0 Å². The summed E-state index contributed by atoms with van der Waals surface area (Å²) in [6, 6.07) is 8.09. The predicted octanol–water partition coefficient (Wildman–Crippen LogP) is 1.94. The summed E-state index contributed by atoms with van der Waals surface area (Å²) in [5.41, 5.74) is 2.44. The number of rotatable bonds is 5. The van der Waals surface area contributed by atoms with Gasteiger partial charge in [-0.25, -0.2) is 0 Å². The third kappa shape index (κ3) is 3.13. The minimum Gasteiger partial charge on any atom is -0.481 e. The Balaban J connectivity index is 1.88. The summed E-state index contributed by atoms with van der Waals surface area (Å²) in [5, 5.41) is 11.5. The summed E-state index contributed by atoms with van der Waals surface area (Å²) in [7, 11) is 0. The lowest BCUT2D eigenvalue weighted by molar-refractivity contribution is -0.141. The molecule has 19 heavy (non-hydrogen) atoms. The molecule has 4 heteroatoms. The first-order valence-corrected chi connectivity index (χ1v) is 6.56. The smallest absolute Gasteiger partial charge is 0.308 e. The summed E-state index contributed by atoms with van der Waals surface area (Å²) in [6.07, 6.45) is 0.859. The van der Waals surface area contributed by atoms with E-state index in [0.29, 0.717) is 5.92 Å². The van der Waals surface area contributed by atoms with Crippen LogP contribution >= 0.6 is 0 Å². The van der Waals surface area contributed by atoms with Crippen molar-refractivity contribution in [1.29, 1.82) is 0 Å². The van der Waals surface area contributed by atoms with E-state index in [2.05, 4.69) is 24.4 Å². The van der Waals surface area contributed by atoms with E-state index in [1.807, 2.05) is 12.1 Å². The summed E-state index contributed by atoms with van der Waals surface area (Å²) < 4.78 is 0. The molecule has 1 fully saturated rings. The number of amides is 1. The van der Waals surface area contributed by atoms with Crippen LogP contribution in [0.25, 0.3) is 0 Å². The van der Waals surface area contributed by atoms with Crippen molar-refractivity contribution in [1.82, 2.24) is 5.32 Å². The highest BCUT2D eigenvalue weighted by atomic mass is 16.4. The first-order valence-electron chi connectivity index (χ1n) is 6.56. The van der Waals surface area contributed by atoms with E-state index < -0.39 is 11.9 Å². The van der Waals surface area contributed by atoms with Gasteiger partial charge in [0.05, 0.1) is 5.92 Å². The highest BCUT2D eigenvalue weighted by Crippen LogP contribution is 2.48. The Hall–Kier alpha value is -1.84. The lowest BCUT2D eigenvalue weighted by Crippen LogP contribution is -2.32. The normalized spacial score (nSPS) is 22.6. The number of carboxylic acid groups (broad SMARTS) is 1. The second kappa shape index (κ2) is 5.43. The molecule has 0 saturated heterocycles. The summed E-state index contributed by atoms with van der Waals surface area (Å²) in [5.74, 6) is -1.16. The van der Waals surface area contributed by atoms with Gasteiger partial charge in [-0.05, 0) is 30.4 Å². The van der Waals surface area contributed by atoms with Crippen LogP contribution in [0.4, 0.5) is 0 Å². The average Bonchev–Trinajstić information content (AvgIpc) is 3.16. The van der Waals surface area contributed by atoms with Crippen LogP contribution in [0.15, 0.2) is 24.3 Å². The largest absolute Gasteiger partial charge is 0.481 e. The number of aliphatic carboxylic acids is 1. The Kier molecular flexibility index (Phi) is 3.88. The molecule has 0 radical (unpaired) electrons. The van der Waals surface area contributed by atoms with Crippen LogP contribution < -0.4 is 5.32 Å². The van der Waals surface area contributed by atoms with Crippen LogP contribution in [0.1, 0.15) is 30.4 Å². The average molecular weight is 261 g/mol. The van der Waals surface area contributed by atoms with E-state index in [9.17, 15) is 9.59 Å². The van der Waals surface area contributed by atoms with E-state index in [1.54, 1.807) is 6.92 Å². The molecule has 102 valence electrons. The molecule has 0 bridgehead atoms. The molecule has 1 saturated carbocycles. The molecule has 2 rings (SSSR count). The van der Waals surface area contributed by atoms with Crippen molar-refractivity contribution < 1.29 is 14.7 Å². The zero-order valence-electron chi connectivity index (χ0n) is 11.2. The molecule has 3 atom stereocenters. The van der Waals surface area contributed by atoms with Crippen molar-refractivity contribution in [2.75, 3.05) is 6.54 Å². The first-order chi connectivity index (χ1) is 9.00. The number of nitrogens with one attached hydrogen (secondary N) is 1. The van der Waals surface area contributed by atoms with Gasteiger partial charge in [0.1, 0.15) is 0 Å². The molecule has 1 aliphatic carbocycles. The van der Waals surface area contributed by atoms with Crippen LogP contribution in [0.3, 0.4) is 0 Å². The minimum absolute atomic E-state index is 0.00194. The number of hydrogen-bond acceptors (Lipinski definition) is 2. The minimum atomic E-state index is -0.883. The van der Waals surface area contributed by atoms with Crippen LogP contribution in [0.5, 0.6) is 0 Å². The van der Waals surface area contributed by atoms with Crippen LogP contribution in [0.2, 0.25) is 0 Å². The predicted molar refractivity (Wildman–Crippen MR) is 71.8 cm³/mol. The van der Waals surface area contributed by atoms with Gasteiger partial charge >= 0.3 is 5.97 Å². The van der Waals surface area contributed by atoms with E-state index in [4.69, 9.17) is 5.11 Å². The Morgan fingerprint density at radius 3 is 2.74 bits per heavy atom. The van der Waals surface area contributed by atoms with Crippen LogP contribution in [-0.4, -0.2) is 23.5 Å². The number of carbonyl (C=O) groups excluding carboxylic acids is 1. The van der Waals surface area contributed by atoms with Gasteiger partial charge in [0.15, 0.2) is 0 Å². The zero-order valence-corrected chi connectivity index (χ0v) is 11.2. The third-order valence-corrected chi connectivity index (χ3v) is 3.72. The molecule has 1 aromatic rings. The fourth-order valence-corrected chi connectivity index (χ4v) is 2.30. The van der Waals surface area contributed by atoms with E-state index in [1.165, 1.54) is 11.1 Å². The Morgan fingerprint density at radius 2 is 2.11 bits per heavy atom. The van der Waals surface area contributed by atoms with Crippen molar-refractivity contribution in [3.63, 3.8) is 0 Å². The van der Waals surface area contributed by atoms with Crippen LogP contribution in [-0.2, 0) is 9.59 Å². The van der Waals surface area contributed by atoms with Crippen molar-refractivity contribution >= 4 is 11.9 Å². The summed E-state index contributed by atoms with van der Waals surface area (Å²) in [6.45, 7) is 3.84. The van der Waals surface area contributed by atoms with Crippen molar-refractivity contribution in [2.45, 2.75) is 26.2 Å². The van der Waals surface area contributed by atoms with Gasteiger partial charge in [0.25, 0.3) is 0 Å². The quantitative estimate of drug-likeness (QED) is 0.851. The fourth-order valence-electron chi connectivity index (χ4n) is 2.30. The molecule has 4 nitrogen and oxygen atoms in total. The van der Waals surface area contributed by atoms with Gasteiger partial charge in [-0.3, -0.25) is 9.59 Å². The second-order valence-corrected chi connectivity index (χ2v) is 5.29. The number of benzene rings is 1. The number of hydrogen-bond donors (Lipinski definition) is 2.